The van der Waals surface area contributed by atoms with Crippen LogP contribution in [0.2, 0.25) is 0 Å². The van der Waals surface area contributed by atoms with Gasteiger partial charge >= 0.3 is 0 Å². The lowest BCUT2D eigenvalue weighted by atomic mass is 10.1. The molecule has 6 nitrogen and oxygen atoms in total. The van der Waals surface area contributed by atoms with Crippen LogP contribution < -0.4 is 15.6 Å². The molecule has 0 radical (unpaired) electrons. The highest BCUT2D eigenvalue weighted by Gasteiger charge is 2.13. The van der Waals surface area contributed by atoms with Crippen molar-refractivity contribution in [1.29, 1.82) is 0 Å². The molecule has 0 bridgehead atoms. The van der Waals surface area contributed by atoms with Gasteiger partial charge in [-0.05, 0) is 61.5 Å². The molecule has 0 atom stereocenters. The highest BCUT2D eigenvalue weighted by atomic mass is 32.1. The highest BCUT2D eigenvalue weighted by Crippen LogP contribution is 2.23. The molecule has 0 saturated carbocycles. The Kier molecular flexibility index (Phi) is 6.06. The van der Waals surface area contributed by atoms with Crippen LogP contribution in [0.25, 0.3) is 10.6 Å². The van der Waals surface area contributed by atoms with Gasteiger partial charge in [0.15, 0.2) is 6.61 Å². The summed E-state index contributed by atoms with van der Waals surface area (Å²) in [5.41, 5.74) is 8.55. The summed E-state index contributed by atoms with van der Waals surface area (Å²) in [6.45, 7) is 5.42. The zero-order chi connectivity index (χ0) is 20.1. The van der Waals surface area contributed by atoms with Crippen molar-refractivity contribution in [2.45, 2.75) is 20.8 Å². The van der Waals surface area contributed by atoms with Gasteiger partial charge in [0.05, 0.1) is 21.8 Å². The Morgan fingerprint density at radius 3 is 2.61 bits per heavy atom. The smallest absolute Gasteiger partial charge is 0.276 e. The number of ether oxygens (including phenoxy) is 1. The van der Waals surface area contributed by atoms with Gasteiger partial charge in [-0.25, -0.2) is 0 Å². The third-order valence-electron chi connectivity index (χ3n) is 4.12. The first kappa shape index (κ1) is 19.6. The number of carbonyl (C=O) groups excluding carboxylic acids is 2. The number of nitrogens with one attached hydrogen (secondary N) is 2. The van der Waals surface area contributed by atoms with Crippen molar-refractivity contribution in [3.05, 3.63) is 70.2 Å². The van der Waals surface area contributed by atoms with E-state index in [1.165, 1.54) is 0 Å². The first-order valence-corrected chi connectivity index (χ1v) is 9.63. The minimum atomic E-state index is -0.449. The summed E-state index contributed by atoms with van der Waals surface area (Å²) in [6.07, 6.45) is 0. The maximum absolute atomic E-state index is 12.3. The topological polar surface area (TPSA) is 80.3 Å². The van der Waals surface area contributed by atoms with Gasteiger partial charge < -0.3 is 4.74 Å². The van der Waals surface area contributed by atoms with E-state index in [-0.39, 0.29) is 6.61 Å². The molecule has 3 rings (SSSR count). The van der Waals surface area contributed by atoms with Gasteiger partial charge in [-0.2, -0.15) is 0 Å². The molecule has 2 amide bonds. The summed E-state index contributed by atoms with van der Waals surface area (Å²) in [6, 6.07) is 13.2. The summed E-state index contributed by atoms with van der Waals surface area (Å²) in [4.78, 5) is 29.8. The minimum absolute atomic E-state index is 0.195. The molecular weight excluding hydrogens is 374 g/mol. The summed E-state index contributed by atoms with van der Waals surface area (Å²) in [7, 11) is 0. The van der Waals surface area contributed by atoms with E-state index in [1.807, 2.05) is 49.6 Å². The standard InChI is InChI=1S/C21H21N3O3S/c1-13-6-7-14(2)18(11-13)27-12-20(25)23-24-21(26)16-8-9-17(22-15(16)3)19-5-4-10-28-19/h4-11H,12H2,1-3H3,(H,23,25)(H,24,26). The predicted molar refractivity (Wildman–Crippen MR) is 109 cm³/mol. The van der Waals surface area contributed by atoms with E-state index in [1.54, 1.807) is 30.4 Å². The molecule has 0 spiro atoms. The fourth-order valence-corrected chi connectivity index (χ4v) is 3.29. The number of hydrogen-bond acceptors (Lipinski definition) is 5. The van der Waals surface area contributed by atoms with Crippen LogP contribution >= 0.6 is 11.3 Å². The van der Waals surface area contributed by atoms with Crippen LogP contribution in [0, 0.1) is 20.8 Å². The molecule has 0 aliphatic heterocycles. The number of benzene rings is 1. The largest absolute Gasteiger partial charge is 0.483 e. The molecule has 28 heavy (non-hydrogen) atoms. The second-order valence-electron chi connectivity index (χ2n) is 6.37. The highest BCUT2D eigenvalue weighted by molar-refractivity contribution is 7.13. The number of pyridine rings is 1. The van der Waals surface area contributed by atoms with Gasteiger partial charge in [0.2, 0.25) is 0 Å². The Hall–Kier alpha value is -3.19. The van der Waals surface area contributed by atoms with E-state index in [0.717, 1.165) is 21.7 Å². The lowest BCUT2D eigenvalue weighted by Crippen LogP contribution is -2.44. The van der Waals surface area contributed by atoms with Crippen LogP contribution in [0.3, 0.4) is 0 Å². The Bertz CT molecular complexity index is 1000. The quantitative estimate of drug-likeness (QED) is 0.647. The van der Waals surface area contributed by atoms with E-state index in [2.05, 4.69) is 15.8 Å². The number of nitrogens with zero attached hydrogens (tertiary/aromatic N) is 1. The third-order valence-corrected chi connectivity index (χ3v) is 5.01. The van der Waals surface area contributed by atoms with Gasteiger partial charge in [0, 0.05) is 0 Å². The van der Waals surface area contributed by atoms with Crippen molar-refractivity contribution >= 4 is 23.2 Å². The zero-order valence-electron chi connectivity index (χ0n) is 15.9. The third kappa shape index (κ3) is 4.75. The molecule has 2 aromatic heterocycles. The van der Waals surface area contributed by atoms with Gasteiger partial charge in [0.25, 0.3) is 11.8 Å². The normalized spacial score (nSPS) is 10.4. The molecule has 0 fully saturated rings. The van der Waals surface area contributed by atoms with E-state index >= 15 is 0 Å². The van der Waals surface area contributed by atoms with Gasteiger partial charge in [-0.1, -0.05) is 18.2 Å². The molecule has 7 heteroatoms. The zero-order valence-corrected chi connectivity index (χ0v) is 16.7. The van der Waals surface area contributed by atoms with Crippen LogP contribution in [0.5, 0.6) is 5.75 Å². The number of carbonyl (C=O) groups is 2. The van der Waals surface area contributed by atoms with Crippen molar-refractivity contribution < 1.29 is 14.3 Å². The molecule has 2 N–H and O–H groups in total. The molecular formula is C21H21N3O3S. The van der Waals surface area contributed by atoms with Gasteiger partial charge in [-0.15, -0.1) is 11.3 Å². The lowest BCUT2D eigenvalue weighted by molar-refractivity contribution is -0.123. The second-order valence-corrected chi connectivity index (χ2v) is 7.31. The Balaban J connectivity index is 1.55. The summed E-state index contributed by atoms with van der Waals surface area (Å²) in [5.74, 6) is -0.233. The molecule has 3 aromatic rings. The number of thiophene rings is 1. The second kappa shape index (κ2) is 8.67. The molecule has 1 aromatic carbocycles. The van der Waals surface area contributed by atoms with Crippen LogP contribution in [0.4, 0.5) is 0 Å². The fourth-order valence-electron chi connectivity index (χ4n) is 2.60. The number of aryl methyl sites for hydroxylation is 3. The van der Waals surface area contributed by atoms with Crippen molar-refractivity contribution in [3.8, 4) is 16.3 Å². The number of amides is 2. The number of hydrazine groups is 1. The average Bonchev–Trinajstić information content (AvgIpc) is 3.21. The van der Waals surface area contributed by atoms with Crippen molar-refractivity contribution in [2.24, 2.45) is 0 Å². The van der Waals surface area contributed by atoms with Crippen LogP contribution in [-0.2, 0) is 4.79 Å². The van der Waals surface area contributed by atoms with E-state index in [0.29, 0.717) is 17.0 Å². The Morgan fingerprint density at radius 1 is 1.07 bits per heavy atom. The van der Waals surface area contributed by atoms with Gasteiger partial charge in [0.1, 0.15) is 5.75 Å². The fraction of sp³-hybridized carbons (Fsp3) is 0.190. The summed E-state index contributed by atoms with van der Waals surface area (Å²) in [5, 5.41) is 1.98. The van der Waals surface area contributed by atoms with Crippen molar-refractivity contribution in [2.75, 3.05) is 6.61 Å². The molecule has 2 heterocycles. The van der Waals surface area contributed by atoms with Crippen molar-refractivity contribution in [3.63, 3.8) is 0 Å². The monoisotopic (exact) mass is 395 g/mol. The van der Waals surface area contributed by atoms with E-state index in [4.69, 9.17) is 4.74 Å². The van der Waals surface area contributed by atoms with Crippen LogP contribution in [0.15, 0.2) is 47.8 Å². The number of hydrogen-bond donors (Lipinski definition) is 2. The predicted octanol–water partition coefficient (Wildman–Crippen LogP) is 3.58. The SMILES string of the molecule is Cc1ccc(C)c(OCC(=O)NNC(=O)c2ccc(-c3cccs3)nc2C)c1. The van der Waals surface area contributed by atoms with Crippen LogP contribution in [0.1, 0.15) is 27.2 Å². The van der Waals surface area contributed by atoms with Crippen LogP contribution in [-0.4, -0.2) is 23.4 Å². The first-order valence-electron chi connectivity index (χ1n) is 8.75. The lowest BCUT2D eigenvalue weighted by Gasteiger charge is -2.12. The molecule has 144 valence electrons. The Morgan fingerprint density at radius 2 is 1.89 bits per heavy atom. The summed E-state index contributed by atoms with van der Waals surface area (Å²) >= 11 is 1.58. The minimum Gasteiger partial charge on any atom is -0.483 e. The maximum atomic E-state index is 12.3. The number of rotatable bonds is 5. The summed E-state index contributed by atoms with van der Waals surface area (Å²) < 4.78 is 5.52. The van der Waals surface area contributed by atoms with E-state index in [9.17, 15) is 9.59 Å². The first-order chi connectivity index (χ1) is 13.4. The Labute approximate surface area is 167 Å². The van der Waals surface area contributed by atoms with Crippen molar-refractivity contribution in [1.82, 2.24) is 15.8 Å². The molecule has 0 aliphatic rings. The molecule has 0 aliphatic carbocycles. The average molecular weight is 395 g/mol. The van der Waals surface area contributed by atoms with Gasteiger partial charge in [-0.3, -0.25) is 25.4 Å². The maximum Gasteiger partial charge on any atom is 0.276 e. The molecule has 0 unspecified atom stereocenters. The molecule has 0 saturated heterocycles. The number of aromatic nitrogens is 1. The van der Waals surface area contributed by atoms with E-state index < -0.39 is 11.8 Å².